The first kappa shape index (κ1) is 16.9. The van der Waals surface area contributed by atoms with Crippen LogP contribution in [-0.4, -0.2) is 32.6 Å². The number of nitro benzene ring substituents is 1. The largest absolute Gasteiger partial charge is 0.496 e. The Morgan fingerprint density at radius 1 is 1.29 bits per heavy atom. The molecule has 0 radical (unpaired) electrons. The fraction of sp³-hybridized carbons (Fsp3) is 0.231. The molecule has 11 heteroatoms. The number of hydrogen-bond donors (Lipinski definition) is 1. The summed E-state index contributed by atoms with van der Waals surface area (Å²) in [5, 5.41) is 28.3. The Hall–Kier alpha value is -3.50. The van der Waals surface area contributed by atoms with E-state index in [4.69, 9.17) is 4.74 Å². The summed E-state index contributed by atoms with van der Waals surface area (Å²) in [6.45, 7) is 1.44. The number of ether oxygens (including phenoxy) is 1. The average Bonchev–Trinajstić information content (AvgIpc) is 2.83. The van der Waals surface area contributed by atoms with E-state index in [1.807, 2.05) is 0 Å². The van der Waals surface area contributed by atoms with Crippen LogP contribution < -0.4 is 10.1 Å². The van der Waals surface area contributed by atoms with Gasteiger partial charge in [-0.1, -0.05) is 0 Å². The monoisotopic (exact) mass is 335 g/mol. The Morgan fingerprint density at radius 2 is 1.96 bits per heavy atom. The van der Waals surface area contributed by atoms with E-state index in [0.717, 1.165) is 6.07 Å². The predicted octanol–water partition coefficient (Wildman–Crippen LogP) is 1.81. The SMILES string of the molecule is COc1ccc(NC(=O)c2nn(C)c(C)c2[N+](=O)[O-])c([N+](=O)[O-])c1. The minimum absolute atomic E-state index is 0.122. The van der Waals surface area contributed by atoms with Crippen molar-refractivity contribution in [1.29, 1.82) is 0 Å². The Morgan fingerprint density at radius 3 is 2.50 bits per heavy atom. The summed E-state index contributed by atoms with van der Waals surface area (Å²) in [6.07, 6.45) is 0. The van der Waals surface area contributed by atoms with Gasteiger partial charge in [0.1, 0.15) is 17.1 Å². The van der Waals surface area contributed by atoms with Crippen LogP contribution in [0.2, 0.25) is 0 Å². The van der Waals surface area contributed by atoms with Crippen molar-refractivity contribution in [2.75, 3.05) is 12.4 Å². The summed E-state index contributed by atoms with van der Waals surface area (Å²) in [4.78, 5) is 33.1. The summed E-state index contributed by atoms with van der Waals surface area (Å²) < 4.78 is 6.09. The Bertz CT molecular complexity index is 844. The second-order valence-electron chi connectivity index (χ2n) is 4.76. The third kappa shape index (κ3) is 2.99. The van der Waals surface area contributed by atoms with Crippen LogP contribution in [0.25, 0.3) is 0 Å². The molecule has 1 heterocycles. The summed E-state index contributed by atoms with van der Waals surface area (Å²) in [5.74, 6) is -0.682. The summed E-state index contributed by atoms with van der Waals surface area (Å²) in [7, 11) is 2.80. The fourth-order valence-electron chi connectivity index (χ4n) is 2.05. The van der Waals surface area contributed by atoms with Gasteiger partial charge < -0.3 is 10.1 Å². The number of amides is 1. The van der Waals surface area contributed by atoms with Crippen molar-refractivity contribution < 1.29 is 19.4 Å². The van der Waals surface area contributed by atoms with Gasteiger partial charge in [-0.15, -0.1) is 0 Å². The van der Waals surface area contributed by atoms with Crippen molar-refractivity contribution in [3.8, 4) is 5.75 Å². The van der Waals surface area contributed by atoms with E-state index in [0.29, 0.717) is 0 Å². The Balaban J connectivity index is 2.43. The molecule has 1 aromatic heterocycles. The van der Waals surface area contributed by atoms with E-state index >= 15 is 0 Å². The molecule has 1 amide bonds. The molecule has 11 nitrogen and oxygen atoms in total. The average molecular weight is 335 g/mol. The highest BCUT2D eigenvalue weighted by atomic mass is 16.6. The smallest absolute Gasteiger partial charge is 0.322 e. The molecule has 0 aliphatic carbocycles. The molecule has 2 rings (SSSR count). The van der Waals surface area contributed by atoms with Gasteiger partial charge in [-0.25, -0.2) is 0 Å². The quantitative estimate of drug-likeness (QED) is 0.648. The summed E-state index contributed by atoms with van der Waals surface area (Å²) in [5.41, 5.74) is -1.22. The van der Waals surface area contributed by atoms with Crippen LogP contribution >= 0.6 is 0 Å². The number of nitrogens with one attached hydrogen (secondary N) is 1. The zero-order valence-electron chi connectivity index (χ0n) is 13.0. The second-order valence-corrected chi connectivity index (χ2v) is 4.76. The number of carbonyl (C=O) groups is 1. The number of benzene rings is 1. The number of anilines is 1. The van der Waals surface area contributed by atoms with Gasteiger partial charge >= 0.3 is 5.69 Å². The summed E-state index contributed by atoms with van der Waals surface area (Å²) in [6, 6.07) is 3.82. The van der Waals surface area contributed by atoms with Gasteiger partial charge in [-0.05, 0) is 19.1 Å². The topological polar surface area (TPSA) is 142 Å². The normalized spacial score (nSPS) is 10.3. The Kier molecular flexibility index (Phi) is 4.44. The molecule has 0 fully saturated rings. The van der Waals surface area contributed by atoms with Crippen LogP contribution in [0.1, 0.15) is 16.2 Å². The highest BCUT2D eigenvalue weighted by molar-refractivity contribution is 6.06. The molecule has 2 aromatic rings. The van der Waals surface area contributed by atoms with E-state index in [2.05, 4.69) is 10.4 Å². The molecule has 0 saturated carbocycles. The number of aromatic nitrogens is 2. The first-order chi connectivity index (χ1) is 11.3. The maximum Gasteiger partial charge on any atom is 0.322 e. The lowest BCUT2D eigenvalue weighted by molar-refractivity contribution is -0.385. The number of carbonyl (C=O) groups excluding carboxylic acids is 1. The Labute approximate surface area is 135 Å². The van der Waals surface area contributed by atoms with Crippen LogP contribution in [0.15, 0.2) is 18.2 Å². The number of nitrogens with zero attached hydrogens (tertiary/aromatic N) is 4. The molecule has 1 aromatic carbocycles. The lowest BCUT2D eigenvalue weighted by atomic mass is 10.2. The van der Waals surface area contributed by atoms with Crippen molar-refractivity contribution in [3.63, 3.8) is 0 Å². The first-order valence-corrected chi connectivity index (χ1v) is 6.58. The molecule has 0 aliphatic rings. The molecule has 24 heavy (non-hydrogen) atoms. The predicted molar refractivity (Wildman–Crippen MR) is 82.2 cm³/mol. The van der Waals surface area contributed by atoms with Crippen molar-refractivity contribution in [2.24, 2.45) is 7.05 Å². The maximum absolute atomic E-state index is 12.3. The summed E-state index contributed by atoms with van der Waals surface area (Å²) >= 11 is 0. The molecule has 0 unspecified atom stereocenters. The van der Waals surface area contributed by atoms with E-state index in [1.54, 1.807) is 0 Å². The highest BCUT2D eigenvalue weighted by Gasteiger charge is 2.30. The van der Waals surface area contributed by atoms with Gasteiger partial charge in [0.05, 0.1) is 23.0 Å². The second kappa shape index (κ2) is 6.32. The minimum Gasteiger partial charge on any atom is -0.496 e. The van der Waals surface area contributed by atoms with Crippen LogP contribution in [0, 0.1) is 27.2 Å². The van der Waals surface area contributed by atoms with Crippen LogP contribution in [0.5, 0.6) is 5.75 Å². The zero-order chi connectivity index (χ0) is 18.0. The van der Waals surface area contributed by atoms with Crippen LogP contribution in [0.4, 0.5) is 17.1 Å². The zero-order valence-corrected chi connectivity index (χ0v) is 13.0. The third-order valence-corrected chi connectivity index (χ3v) is 3.35. The van der Waals surface area contributed by atoms with Gasteiger partial charge in [0.25, 0.3) is 11.6 Å². The lowest BCUT2D eigenvalue weighted by Crippen LogP contribution is -2.15. The van der Waals surface area contributed by atoms with Gasteiger partial charge in [0, 0.05) is 7.05 Å². The van der Waals surface area contributed by atoms with E-state index in [9.17, 15) is 25.0 Å². The van der Waals surface area contributed by atoms with E-state index < -0.39 is 32.8 Å². The first-order valence-electron chi connectivity index (χ1n) is 6.58. The minimum atomic E-state index is -0.918. The molecule has 0 spiro atoms. The van der Waals surface area contributed by atoms with Gasteiger partial charge in [0.15, 0.2) is 0 Å². The van der Waals surface area contributed by atoms with Crippen molar-refractivity contribution in [1.82, 2.24) is 9.78 Å². The molecule has 0 atom stereocenters. The van der Waals surface area contributed by atoms with Gasteiger partial charge in [-0.2, -0.15) is 5.10 Å². The van der Waals surface area contributed by atoms with Gasteiger partial charge in [-0.3, -0.25) is 29.7 Å². The van der Waals surface area contributed by atoms with Crippen LogP contribution in [0.3, 0.4) is 0 Å². The van der Waals surface area contributed by atoms with Crippen LogP contribution in [-0.2, 0) is 7.05 Å². The molecule has 126 valence electrons. The number of aryl methyl sites for hydroxylation is 1. The number of hydrogen-bond acceptors (Lipinski definition) is 7. The van der Waals surface area contributed by atoms with E-state index in [1.165, 1.54) is 37.9 Å². The van der Waals surface area contributed by atoms with Gasteiger partial charge in [0.2, 0.25) is 5.69 Å². The maximum atomic E-state index is 12.3. The standard InChI is InChI=1S/C13H13N5O6/c1-7-12(18(22)23)11(15-16(7)2)13(19)14-9-5-4-8(24-3)6-10(9)17(20)21/h4-6H,1-3H3,(H,14,19). The molecular weight excluding hydrogens is 322 g/mol. The van der Waals surface area contributed by atoms with Crippen molar-refractivity contribution in [3.05, 3.63) is 49.8 Å². The van der Waals surface area contributed by atoms with E-state index in [-0.39, 0.29) is 17.1 Å². The fourth-order valence-corrected chi connectivity index (χ4v) is 2.05. The third-order valence-electron chi connectivity index (χ3n) is 3.35. The highest BCUT2D eigenvalue weighted by Crippen LogP contribution is 2.30. The molecular formula is C13H13N5O6. The number of nitro groups is 2. The lowest BCUT2D eigenvalue weighted by Gasteiger charge is -2.06. The molecule has 1 N–H and O–H groups in total. The number of rotatable bonds is 5. The molecule has 0 bridgehead atoms. The van der Waals surface area contributed by atoms with Crippen molar-refractivity contribution in [2.45, 2.75) is 6.92 Å². The molecule has 0 aliphatic heterocycles. The number of methoxy groups -OCH3 is 1. The molecule has 0 saturated heterocycles. The van der Waals surface area contributed by atoms with Crippen molar-refractivity contribution >= 4 is 23.0 Å².